The molecule has 0 aromatic rings. The second-order valence-electron chi connectivity index (χ2n) is 4.66. The van der Waals surface area contributed by atoms with Crippen molar-refractivity contribution in [2.24, 2.45) is 0 Å². The molecule has 82 valence electrons. The van der Waals surface area contributed by atoms with Crippen molar-refractivity contribution in [3.8, 4) is 0 Å². The van der Waals surface area contributed by atoms with E-state index in [1.807, 2.05) is 13.8 Å². The van der Waals surface area contributed by atoms with Gasteiger partial charge >= 0.3 is 0 Å². The van der Waals surface area contributed by atoms with Crippen LogP contribution in [0.3, 0.4) is 0 Å². The molecular weight excluding hydrogens is 188 g/mol. The molecule has 2 aliphatic heterocycles. The monoisotopic (exact) mass is 205 g/mol. The molecule has 2 fully saturated rings. The summed E-state index contributed by atoms with van der Waals surface area (Å²) in [5.74, 6) is -2.61. The van der Waals surface area contributed by atoms with Gasteiger partial charge in [-0.15, -0.1) is 0 Å². The zero-order chi connectivity index (χ0) is 10.4. The molecule has 4 heteroatoms. The van der Waals surface area contributed by atoms with Gasteiger partial charge in [0.1, 0.15) is 12.2 Å². The lowest BCUT2D eigenvalue weighted by Gasteiger charge is -2.54. The number of hydrogen-bond acceptors (Lipinski definition) is 2. The van der Waals surface area contributed by atoms with Crippen molar-refractivity contribution in [2.75, 3.05) is 19.7 Å². The third-order valence-corrected chi connectivity index (χ3v) is 3.41. The highest BCUT2D eigenvalue weighted by Gasteiger charge is 2.64. The van der Waals surface area contributed by atoms with Crippen molar-refractivity contribution < 1.29 is 13.5 Å². The lowest BCUT2D eigenvalue weighted by Crippen LogP contribution is -2.70. The van der Waals surface area contributed by atoms with Gasteiger partial charge in [-0.05, 0) is 33.2 Å². The van der Waals surface area contributed by atoms with Gasteiger partial charge in [0, 0.05) is 12.6 Å². The average Bonchev–Trinajstić information content (AvgIpc) is 2.16. The Morgan fingerprint density at radius 3 is 2.50 bits per heavy atom. The van der Waals surface area contributed by atoms with Crippen molar-refractivity contribution in [2.45, 2.75) is 44.3 Å². The van der Waals surface area contributed by atoms with Crippen LogP contribution in [0.15, 0.2) is 0 Å². The van der Waals surface area contributed by atoms with Crippen LogP contribution in [0.25, 0.3) is 0 Å². The maximum Gasteiger partial charge on any atom is 0.300 e. The molecular formula is C10H17F2NO. The summed E-state index contributed by atoms with van der Waals surface area (Å²) >= 11 is 0. The predicted octanol–water partition coefficient (Wildman–Crippen LogP) is 1.89. The molecule has 0 N–H and O–H groups in total. The van der Waals surface area contributed by atoms with E-state index >= 15 is 0 Å². The molecule has 14 heavy (non-hydrogen) atoms. The Kier molecular flexibility index (Phi) is 2.31. The fourth-order valence-electron chi connectivity index (χ4n) is 2.30. The number of likely N-dealkylation sites (tertiary alicyclic amines) is 1. The number of ether oxygens (including phenoxy) is 1. The molecule has 1 spiro atoms. The highest BCUT2D eigenvalue weighted by Crippen LogP contribution is 2.47. The van der Waals surface area contributed by atoms with Gasteiger partial charge in [-0.3, -0.25) is 4.90 Å². The lowest BCUT2D eigenvalue weighted by atomic mass is 9.82. The van der Waals surface area contributed by atoms with Crippen molar-refractivity contribution in [3.63, 3.8) is 0 Å². The number of rotatable bonds is 1. The predicted molar refractivity (Wildman–Crippen MR) is 49.6 cm³/mol. The third-order valence-electron chi connectivity index (χ3n) is 3.41. The van der Waals surface area contributed by atoms with Crippen LogP contribution in [0, 0.1) is 0 Å². The normalized spacial score (nSPS) is 37.5. The molecule has 0 amide bonds. The summed E-state index contributed by atoms with van der Waals surface area (Å²) in [6, 6.07) is 0.326. The number of nitrogens with zero attached hydrogens (tertiary/aromatic N) is 1. The molecule has 2 rings (SSSR count). The highest BCUT2D eigenvalue weighted by atomic mass is 19.3. The molecule has 1 atom stereocenters. The second-order valence-corrected chi connectivity index (χ2v) is 4.66. The molecule has 0 bridgehead atoms. The Labute approximate surface area is 83.2 Å². The van der Waals surface area contributed by atoms with Crippen LogP contribution in [0.5, 0.6) is 0 Å². The van der Waals surface area contributed by atoms with Crippen LogP contribution in [0.1, 0.15) is 26.7 Å². The zero-order valence-electron chi connectivity index (χ0n) is 8.72. The summed E-state index contributed by atoms with van der Waals surface area (Å²) < 4.78 is 31.9. The van der Waals surface area contributed by atoms with E-state index in [2.05, 4.69) is 4.90 Å². The molecule has 2 heterocycles. The van der Waals surface area contributed by atoms with Crippen LogP contribution >= 0.6 is 0 Å². The number of halogens is 2. The van der Waals surface area contributed by atoms with E-state index < -0.39 is 11.5 Å². The standard InChI is InChI=1S/C10H17F2NO/c1-8(2)13-5-3-4-9(6-13)10(11,12)7-14-9/h8H,3-7H2,1-2H3. The van der Waals surface area contributed by atoms with Gasteiger partial charge in [-0.25, -0.2) is 8.78 Å². The van der Waals surface area contributed by atoms with Crippen LogP contribution < -0.4 is 0 Å². The smallest absolute Gasteiger partial charge is 0.300 e. The number of hydrogen-bond donors (Lipinski definition) is 0. The van der Waals surface area contributed by atoms with Gasteiger partial charge in [-0.2, -0.15) is 0 Å². The number of piperidine rings is 1. The van der Waals surface area contributed by atoms with Crippen LogP contribution in [-0.4, -0.2) is 42.2 Å². The summed E-state index contributed by atoms with van der Waals surface area (Å²) in [7, 11) is 0. The average molecular weight is 205 g/mol. The van der Waals surface area contributed by atoms with Crippen molar-refractivity contribution >= 4 is 0 Å². The maximum absolute atomic E-state index is 13.4. The minimum atomic E-state index is -2.61. The van der Waals surface area contributed by atoms with Crippen molar-refractivity contribution in [1.82, 2.24) is 4.90 Å². The minimum Gasteiger partial charge on any atom is -0.361 e. The van der Waals surface area contributed by atoms with Crippen LogP contribution in [-0.2, 0) is 4.74 Å². The van der Waals surface area contributed by atoms with E-state index in [1.165, 1.54) is 0 Å². The van der Waals surface area contributed by atoms with Crippen molar-refractivity contribution in [1.29, 1.82) is 0 Å². The fourth-order valence-corrected chi connectivity index (χ4v) is 2.30. The van der Waals surface area contributed by atoms with Gasteiger partial charge in [0.05, 0.1) is 0 Å². The first-order valence-electron chi connectivity index (χ1n) is 5.23. The van der Waals surface area contributed by atoms with Gasteiger partial charge in [0.25, 0.3) is 5.92 Å². The molecule has 0 aliphatic carbocycles. The van der Waals surface area contributed by atoms with Gasteiger partial charge in [0.15, 0.2) is 0 Å². The SMILES string of the molecule is CC(C)N1CCCC2(C1)OCC2(F)F. The first-order valence-corrected chi connectivity index (χ1v) is 5.23. The van der Waals surface area contributed by atoms with Crippen LogP contribution in [0.2, 0.25) is 0 Å². The Bertz CT molecular complexity index is 232. The summed E-state index contributed by atoms with van der Waals surface area (Å²) in [5.41, 5.74) is -1.16. The Morgan fingerprint density at radius 1 is 1.36 bits per heavy atom. The number of alkyl halides is 2. The summed E-state index contributed by atoms with van der Waals surface area (Å²) in [5, 5.41) is 0. The largest absolute Gasteiger partial charge is 0.361 e. The first-order chi connectivity index (χ1) is 6.47. The highest BCUT2D eigenvalue weighted by molar-refractivity contribution is 5.06. The van der Waals surface area contributed by atoms with E-state index in [0.29, 0.717) is 19.0 Å². The van der Waals surface area contributed by atoms with Gasteiger partial charge in [0.2, 0.25) is 0 Å². The quantitative estimate of drug-likeness (QED) is 0.648. The Hall–Kier alpha value is -0.220. The molecule has 0 aromatic carbocycles. The van der Waals surface area contributed by atoms with E-state index in [-0.39, 0.29) is 6.61 Å². The molecule has 0 saturated carbocycles. The van der Waals surface area contributed by atoms with E-state index in [4.69, 9.17) is 4.74 Å². The molecule has 0 aromatic heterocycles. The van der Waals surface area contributed by atoms with Gasteiger partial charge in [-0.1, -0.05) is 0 Å². The van der Waals surface area contributed by atoms with E-state index in [9.17, 15) is 8.78 Å². The van der Waals surface area contributed by atoms with Crippen LogP contribution in [0.4, 0.5) is 8.78 Å². The zero-order valence-corrected chi connectivity index (χ0v) is 8.72. The fraction of sp³-hybridized carbons (Fsp3) is 1.00. The first kappa shape index (κ1) is 10.3. The summed E-state index contributed by atoms with van der Waals surface area (Å²) in [6.07, 6.45) is 1.32. The summed E-state index contributed by atoms with van der Waals surface area (Å²) in [4.78, 5) is 2.08. The second kappa shape index (κ2) is 3.14. The molecule has 1 unspecified atom stereocenters. The van der Waals surface area contributed by atoms with Gasteiger partial charge < -0.3 is 4.74 Å². The Balaban J connectivity index is 2.07. The molecule has 2 nitrogen and oxygen atoms in total. The third kappa shape index (κ3) is 1.36. The minimum absolute atomic E-state index is 0.326. The van der Waals surface area contributed by atoms with E-state index in [0.717, 1.165) is 13.0 Å². The lowest BCUT2D eigenvalue weighted by molar-refractivity contribution is -0.342. The topological polar surface area (TPSA) is 12.5 Å². The molecule has 0 radical (unpaired) electrons. The molecule has 2 aliphatic rings. The summed E-state index contributed by atoms with van der Waals surface area (Å²) in [6.45, 7) is 4.99. The van der Waals surface area contributed by atoms with Crippen molar-refractivity contribution in [3.05, 3.63) is 0 Å². The molecule has 2 saturated heterocycles. The maximum atomic E-state index is 13.4. The Morgan fingerprint density at radius 2 is 2.07 bits per heavy atom. The van der Waals surface area contributed by atoms with E-state index in [1.54, 1.807) is 0 Å².